The molecule has 0 aromatic carbocycles. The third kappa shape index (κ3) is 0.762. The third-order valence-electron chi connectivity index (χ3n) is 1.58. The minimum Gasteiger partial charge on any atom is -0.326 e. The Kier molecular flexibility index (Phi) is 1.16. The van der Waals surface area contributed by atoms with E-state index in [9.17, 15) is 4.79 Å². The minimum absolute atomic E-state index is 0.00463. The van der Waals surface area contributed by atoms with E-state index in [-0.39, 0.29) is 11.8 Å². The summed E-state index contributed by atoms with van der Waals surface area (Å²) >= 11 is 0. The van der Waals surface area contributed by atoms with Crippen molar-refractivity contribution >= 4 is 5.91 Å². The Labute approximate surface area is 54.3 Å². The molecule has 0 radical (unpaired) electrons. The average Bonchev–Trinajstić information content (AvgIpc) is 1.98. The molecule has 1 saturated heterocycles. The molecule has 0 aliphatic carbocycles. The summed E-state index contributed by atoms with van der Waals surface area (Å²) in [5.41, 5.74) is 1.47. The van der Waals surface area contributed by atoms with Crippen molar-refractivity contribution in [2.45, 2.75) is 6.92 Å². The Balaban J connectivity index is 2.90. The van der Waals surface area contributed by atoms with Gasteiger partial charge in [0.2, 0.25) is 5.91 Å². The molecule has 0 aromatic heterocycles. The molecule has 0 saturated carbocycles. The largest absolute Gasteiger partial charge is 0.326 e. The van der Waals surface area contributed by atoms with Crippen LogP contribution in [-0.2, 0) is 4.79 Å². The second-order valence-corrected chi connectivity index (χ2v) is 2.21. The topological polar surface area (TPSA) is 29.1 Å². The average molecular weight is 123 g/mol. The first-order chi connectivity index (χ1) is 4.13. The van der Waals surface area contributed by atoms with E-state index in [4.69, 9.17) is 0 Å². The Morgan fingerprint density at radius 1 is 1.56 bits per heavy atom. The highest BCUT2D eigenvalue weighted by atomic mass is 16.2. The highest BCUT2D eigenvalue weighted by Gasteiger charge is 2.25. The van der Waals surface area contributed by atoms with Crippen LogP contribution in [0.3, 0.4) is 0 Å². The Morgan fingerprint density at radius 3 is 2.22 bits per heavy atom. The number of amides is 1. The lowest BCUT2D eigenvalue weighted by Gasteiger charge is -1.94. The second-order valence-electron chi connectivity index (χ2n) is 2.21. The Bertz CT molecular complexity index is 193. The van der Waals surface area contributed by atoms with E-state index >= 15 is 0 Å². The van der Waals surface area contributed by atoms with Crippen LogP contribution in [0, 0.1) is 5.92 Å². The lowest BCUT2D eigenvalue weighted by Crippen LogP contribution is -2.15. The number of hydrogen-bond donors (Lipinski definition) is 1. The number of carbonyl (C=O) groups is 1. The SMILES string of the molecule is C=C1NC(=O)C(C)C1=C. The molecule has 0 spiro atoms. The molecule has 1 atom stereocenters. The van der Waals surface area contributed by atoms with Crippen LogP contribution in [-0.4, -0.2) is 5.91 Å². The number of nitrogens with one attached hydrogen (secondary N) is 1. The van der Waals surface area contributed by atoms with Crippen LogP contribution in [0.15, 0.2) is 24.4 Å². The van der Waals surface area contributed by atoms with Crippen molar-refractivity contribution in [2.24, 2.45) is 5.92 Å². The predicted octanol–water partition coefficient (Wildman–Crippen LogP) is 0.822. The summed E-state index contributed by atoms with van der Waals surface area (Å²) < 4.78 is 0. The molecule has 1 rings (SSSR count). The first-order valence-electron chi connectivity index (χ1n) is 2.82. The third-order valence-corrected chi connectivity index (χ3v) is 1.58. The van der Waals surface area contributed by atoms with Gasteiger partial charge in [-0.2, -0.15) is 0 Å². The van der Waals surface area contributed by atoms with Gasteiger partial charge in [-0.3, -0.25) is 4.79 Å². The van der Waals surface area contributed by atoms with Crippen LogP contribution < -0.4 is 5.32 Å². The van der Waals surface area contributed by atoms with Gasteiger partial charge in [-0.25, -0.2) is 0 Å². The molecule has 1 aliphatic rings. The van der Waals surface area contributed by atoms with Crippen LogP contribution in [0.4, 0.5) is 0 Å². The summed E-state index contributed by atoms with van der Waals surface area (Å²) in [6, 6.07) is 0. The van der Waals surface area contributed by atoms with Crippen molar-refractivity contribution in [3.8, 4) is 0 Å². The van der Waals surface area contributed by atoms with E-state index in [2.05, 4.69) is 18.5 Å². The normalized spacial score (nSPS) is 26.8. The summed E-state index contributed by atoms with van der Waals surface area (Å²) in [6.45, 7) is 9.10. The zero-order chi connectivity index (χ0) is 7.02. The van der Waals surface area contributed by atoms with E-state index in [1.807, 2.05) is 6.92 Å². The van der Waals surface area contributed by atoms with Crippen molar-refractivity contribution < 1.29 is 4.79 Å². The molecule has 1 heterocycles. The van der Waals surface area contributed by atoms with Crippen LogP contribution in [0.25, 0.3) is 0 Å². The molecule has 2 nitrogen and oxygen atoms in total. The van der Waals surface area contributed by atoms with Gasteiger partial charge in [0.1, 0.15) is 0 Å². The van der Waals surface area contributed by atoms with Crippen molar-refractivity contribution in [3.63, 3.8) is 0 Å². The zero-order valence-corrected chi connectivity index (χ0v) is 5.40. The van der Waals surface area contributed by atoms with Gasteiger partial charge in [0.05, 0.1) is 5.92 Å². The van der Waals surface area contributed by atoms with Crippen molar-refractivity contribution in [1.29, 1.82) is 0 Å². The molecule has 2 heteroatoms. The first-order valence-corrected chi connectivity index (χ1v) is 2.82. The number of rotatable bonds is 0. The zero-order valence-electron chi connectivity index (χ0n) is 5.40. The smallest absolute Gasteiger partial charge is 0.231 e. The van der Waals surface area contributed by atoms with Crippen molar-refractivity contribution in [1.82, 2.24) is 5.32 Å². The maximum Gasteiger partial charge on any atom is 0.231 e. The molecule has 0 bridgehead atoms. The molecular formula is C7H9NO. The van der Waals surface area contributed by atoms with Crippen molar-refractivity contribution in [2.75, 3.05) is 0 Å². The standard InChI is InChI=1S/C7H9NO/c1-4-5(2)7(9)8-6(4)3/h5H,1,3H2,2H3,(H,8,9). The molecule has 0 aromatic rings. The molecule has 1 fully saturated rings. The summed E-state index contributed by atoms with van der Waals surface area (Å²) in [6.07, 6.45) is 0. The maximum atomic E-state index is 10.8. The summed E-state index contributed by atoms with van der Waals surface area (Å²) in [5, 5.41) is 2.58. The molecule has 1 unspecified atom stereocenters. The lowest BCUT2D eigenvalue weighted by molar-refractivity contribution is -0.121. The summed E-state index contributed by atoms with van der Waals surface area (Å²) in [7, 11) is 0. The van der Waals surface area contributed by atoms with Gasteiger partial charge < -0.3 is 5.32 Å². The molecule has 9 heavy (non-hydrogen) atoms. The van der Waals surface area contributed by atoms with Gasteiger partial charge in [-0.15, -0.1) is 0 Å². The molecule has 1 amide bonds. The van der Waals surface area contributed by atoms with E-state index in [0.717, 1.165) is 5.57 Å². The highest BCUT2D eigenvalue weighted by Crippen LogP contribution is 2.21. The van der Waals surface area contributed by atoms with Crippen LogP contribution in [0.2, 0.25) is 0 Å². The molecular weight excluding hydrogens is 114 g/mol. The van der Waals surface area contributed by atoms with Gasteiger partial charge in [-0.1, -0.05) is 13.2 Å². The maximum absolute atomic E-state index is 10.8. The van der Waals surface area contributed by atoms with Crippen LogP contribution in [0.1, 0.15) is 6.92 Å². The highest BCUT2D eigenvalue weighted by molar-refractivity contribution is 5.88. The number of hydrogen-bond acceptors (Lipinski definition) is 1. The van der Waals surface area contributed by atoms with Gasteiger partial charge in [0.15, 0.2) is 0 Å². The first kappa shape index (κ1) is 6.08. The Hall–Kier alpha value is -1.05. The van der Waals surface area contributed by atoms with Gasteiger partial charge in [0, 0.05) is 5.70 Å². The monoisotopic (exact) mass is 123 g/mol. The second kappa shape index (κ2) is 1.72. The van der Waals surface area contributed by atoms with Crippen molar-refractivity contribution in [3.05, 3.63) is 24.4 Å². The van der Waals surface area contributed by atoms with Gasteiger partial charge in [0.25, 0.3) is 0 Å². The fourth-order valence-electron chi connectivity index (χ4n) is 0.757. The lowest BCUT2D eigenvalue weighted by atomic mass is 10.1. The number of carbonyl (C=O) groups excluding carboxylic acids is 1. The molecule has 1 N–H and O–H groups in total. The van der Waals surface area contributed by atoms with Crippen LogP contribution in [0.5, 0.6) is 0 Å². The van der Waals surface area contributed by atoms with E-state index < -0.39 is 0 Å². The minimum atomic E-state index is -0.0856. The van der Waals surface area contributed by atoms with E-state index in [0.29, 0.717) is 5.70 Å². The van der Waals surface area contributed by atoms with Gasteiger partial charge >= 0.3 is 0 Å². The van der Waals surface area contributed by atoms with Crippen LogP contribution >= 0.6 is 0 Å². The quantitative estimate of drug-likeness (QED) is 0.507. The predicted molar refractivity (Wildman–Crippen MR) is 35.6 cm³/mol. The Morgan fingerprint density at radius 2 is 2.11 bits per heavy atom. The van der Waals surface area contributed by atoms with E-state index in [1.165, 1.54) is 0 Å². The fraction of sp³-hybridized carbons (Fsp3) is 0.286. The molecule has 1 aliphatic heterocycles. The molecule has 48 valence electrons. The fourth-order valence-corrected chi connectivity index (χ4v) is 0.757. The summed E-state index contributed by atoms with van der Waals surface area (Å²) in [4.78, 5) is 10.8. The number of allylic oxidation sites excluding steroid dienone is 1. The van der Waals surface area contributed by atoms with Gasteiger partial charge in [-0.05, 0) is 12.5 Å². The van der Waals surface area contributed by atoms with E-state index in [1.54, 1.807) is 0 Å². The summed E-state index contributed by atoms with van der Waals surface area (Å²) in [5.74, 6) is -0.0810.